The highest BCUT2D eigenvalue weighted by molar-refractivity contribution is 5.89. The molecular formula is C15H20N2O2. The number of rotatable bonds is 5. The minimum atomic E-state index is -0.959. The Morgan fingerprint density at radius 3 is 2.79 bits per heavy atom. The van der Waals surface area contributed by atoms with Crippen LogP contribution in [0.2, 0.25) is 0 Å². The van der Waals surface area contributed by atoms with Gasteiger partial charge in [0.15, 0.2) is 0 Å². The number of aryl methyl sites for hydroxylation is 2. The van der Waals surface area contributed by atoms with Crippen LogP contribution in [0.1, 0.15) is 30.0 Å². The Labute approximate surface area is 112 Å². The molecule has 102 valence electrons. The van der Waals surface area contributed by atoms with Gasteiger partial charge in [0.2, 0.25) is 0 Å². The van der Waals surface area contributed by atoms with Crippen molar-refractivity contribution in [2.24, 2.45) is 5.73 Å². The topological polar surface area (TPSA) is 79.1 Å². The van der Waals surface area contributed by atoms with Crippen molar-refractivity contribution in [1.29, 1.82) is 0 Å². The van der Waals surface area contributed by atoms with E-state index in [9.17, 15) is 4.79 Å². The smallest absolute Gasteiger partial charge is 0.320 e. The van der Waals surface area contributed by atoms with Crippen LogP contribution in [-0.4, -0.2) is 22.1 Å². The van der Waals surface area contributed by atoms with E-state index >= 15 is 0 Å². The molecule has 4 nitrogen and oxygen atoms in total. The van der Waals surface area contributed by atoms with E-state index in [4.69, 9.17) is 10.8 Å². The lowest BCUT2D eigenvalue weighted by Gasteiger charge is -2.09. The quantitative estimate of drug-likeness (QED) is 0.772. The molecule has 1 heterocycles. The van der Waals surface area contributed by atoms with Crippen LogP contribution in [0.4, 0.5) is 0 Å². The lowest BCUT2D eigenvalue weighted by molar-refractivity contribution is -0.138. The molecule has 4 N–H and O–H groups in total. The van der Waals surface area contributed by atoms with Crippen LogP contribution in [0.15, 0.2) is 18.3 Å². The summed E-state index contributed by atoms with van der Waals surface area (Å²) in [5.74, 6) is -0.959. The number of nitrogens with one attached hydrogen (secondary N) is 1. The van der Waals surface area contributed by atoms with Gasteiger partial charge in [0.05, 0.1) is 0 Å². The number of carboxylic acids is 1. The molecule has 19 heavy (non-hydrogen) atoms. The average Bonchev–Trinajstić information content (AvgIpc) is 2.78. The van der Waals surface area contributed by atoms with Gasteiger partial charge in [-0.15, -0.1) is 0 Å². The Balaban J connectivity index is 2.49. The highest BCUT2D eigenvalue weighted by Crippen LogP contribution is 2.27. The predicted octanol–water partition coefficient (Wildman–Crippen LogP) is 2.38. The molecule has 0 bridgehead atoms. The largest absolute Gasteiger partial charge is 0.480 e. The highest BCUT2D eigenvalue weighted by Gasteiger charge is 2.17. The molecule has 2 aromatic rings. The zero-order chi connectivity index (χ0) is 14.0. The van der Waals surface area contributed by atoms with Crippen molar-refractivity contribution in [2.45, 2.75) is 39.2 Å². The van der Waals surface area contributed by atoms with Gasteiger partial charge in [-0.1, -0.05) is 25.5 Å². The first-order valence-corrected chi connectivity index (χ1v) is 6.61. The Kier molecular flexibility index (Phi) is 3.90. The Bertz CT molecular complexity index is 601. The van der Waals surface area contributed by atoms with Gasteiger partial charge in [0.25, 0.3) is 0 Å². The number of hydrogen-bond acceptors (Lipinski definition) is 2. The molecule has 1 aromatic heterocycles. The number of H-pyrrole nitrogens is 1. The van der Waals surface area contributed by atoms with E-state index in [1.165, 1.54) is 11.1 Å². The van der Waals surface area contributed by atoms with Crippen LogP contribution < -0.4 is 5.73 Å². The van der Waals surface area contributed by atoms with Crippen LogP contribution in [-0.2, 0) is 17.6 Å². The molecular weight excluding hydrogens is 240 g/mol. The van der Waals surface area contributed by atoms with Crippen molar-refractivity contribution in [3.05, 3.63) is 35.0 Å². The summed E-state index contributed by atoms with van der Waals surface area (Å²) < 4.78 is 0. The zero-order valence-electron chi connectivity index (χ0n) is 11.4. The van der Waals surface area contributed by atoms with Crippen LogP contribution in [0.25, 0.3) is 10.9 Å². The fourth-order valence-corrected chi connectivity index (χ4v) is 2.50. The Morgan fingerprint density at radius 1 is 1.42 bits per heavy atom. The summed E-state index contributed by atoms with van der Waals surface area (Å²) in [6.45, 7) is 4.19. The van der Waals surface area contributed by atoms with Gasteiger partial charge < -0.3 is 15.8 Å². The maximum atomic E-state index is 10.9. The number of nitrogens with two attached hydrogens (primary N) is 1. The van der Waals surface area contributed by atoms with E-state index in [-0.39, 0.29) is 0 Å². The molecule has 0 spiro atoms. The first kappa shape index (κ1) is 13.6. The number of carboxylic acid groups (broad SMARTS) is 1. The summed E-state index contributed by atoms with van der Waals surface area (Å²) in [6, 6.07) is 3.38. The first-order valence-electron chi connectivity index (χ1n) is 6.61. The maximum absolute atomic E-state index is 10.9. The lowest BCUT2D eigenvalue weighted by atomic mass is 9.97. The molecule has 0 saturated heterocycles. The maximum Gasteiger partial charge on any atom is 0.320 e. The van der Waals surface area contributed by atoms with Crippen LogP contribution in [0.5, 0.6) is 0 Å². The van der Waals surface area contributed by atoms with Gasteiger partial charge in [-0.2, -0.15) is 0 Å². The van der Waals surface area contributed by atoms with Crippen LogP contribution in [0.3, 0.4) is 0 Å². The van der Waals surface area contributed by atoms with Crippen molar-refractivity contribution >= 4 is 16.9 Å². The molecule has 4 heteroatoms. The molecule has 0 fully saturated rings. The number of aromatic amines is 1. The molecule has 1 aromatic carbocycles. The van der Waals surface area contributed by atoms with Gasteiger partial charge in [0, 0.05) is 23.5 Å². The number of aliphatic carboxylic acids is 1. The van der Waals surface area contributed by atoms with E-state index < -0.39 is 12.0 Å². The average molecular weight is 260 g/mol. The Hall–Kier alpha value is -1.81. The minimum Gasteiger partial charge on any atom is -0.480 e. The summed E-state index contributed by atoms with van der Waals surface area (Å²) in [4.78, 5) is 14.2. The first-order chi connectivity index (χ1) is 9.04. The van der Waals surface area contributed by atoms with E-state index in [1.54, 1.807) is 0 Å². The van der Waals surface area contributed by atoms with Gasteiger partial charge in [-0.25, -0.2) is 0 Å². The third-order valence-electron chi connectivity index (χ3n) is 3.49. The summed E-state index contributed by atoms with van der Waals surface area (Å²) in [5.41, 5.74) is 10.2. The number of hydrogen-bond donors (Lipinski definition) is 3. The number of carbonyl (C=O) groups is 1. The van der Waals surface area contributed by atoms with Crippen molar-refractivity contribution in [1.82, 2.24) is 4.98 Å². The van der Waals surface area contributed by atoms with Gasteiger partial charge in [0.1, 0.15) is 6.04 Å². The standard InChI is InChI=1S/C15H20N2O2/c1-3-4-10-6-5-9(2)14-13(10)11(8-17-14)7-12(16)15(18)19/h5-6,8,12,17H,3-4,7,16H2,1-2H3,(H,18,19)/t12-/m0/s1. The van der Waals surface area contributed by atoms with Crippen molar-refractivity contribution in [2.75, 3.05) is 0 Å². The minimum absolute atomic E-state index is 0.357. The summed E-state index contributed by atoms with van der Waals surface area (Å²) >= 11 is 0. The second kappa shape index (κ2) is 5.45. The van der Waals surface area contributed by atoms with Crippen LogP contribution in [0, 0.1) is 6.92 Å². The molecule has 0 aliphatic carbocycles. The summed E-state index contributed by atoms with van der Waals surface area (Å²) in [5, 5.41) is 10.1. The molecule has 1 atom stereocenters. The third-order valence-corrected chi connectivity index (χ3v) is 3.49. The summed E-state index contributed by atoms with van der Waals surface area (Å²) in [6.07, 6.45) is 4.30. The Morgan fingerprint density at radius 2 is 2.16 bits per heavy atom. The van der Waals surface area contributed by atoms with Gasteiger partial charge >= 0.3 is 5.97 Å². The van der Waals surface area contributed by atoms with Gasteiger partial charge in [-0.05, 0) is 30.0 Å². The van der Waals surface area contributed by atoms with Crippen molar-refractivity contribution < 1.29 is 9.90 Å². The van der Waals surface area contributed by atoms with Gasteiger partial charge in [-0.3, -0.25) is 4.79 Å². The van der Waals surface area contributed by atoms with Crippen molar-refractivity contribution in [3.63, 3.8) is 0 Å². The third kappa shape index (κ3) is 2.63. The fourth-order valence-electron chi connectivity index (χ4n) is 2.50. The molecule has 0 aliphatic heterocycles. The van der Waals surface area contributed by atoms with E-state index in [0.717, 1.165) is 29.3 Å². The molecule has 0 amide bonds. The zero-order valence-corrected chi connectivity index (χ0v) is 11.4. The molecule has 0 radical (unpaired) electrons. The molecule has 2 rings (SSSR count). The van der Waals surface area contributed by atoms with E-state index in [1.807, 2.05) is 6.20 Å². The molecule has 0 saturated carbocycles. The number of fused-ring (bicyclic) bond motifs is 1. The normalized spacial score (nSPS) is 12.8. The number of benzene rings is 1. The second-order valence-electron chi connectivity index (χ2n) is 5.00. The van der Waals surface area contributed by atoms with Crippen LogP contribution >= 0.6 is 0 Å². The van der Waals surface area contributed by atoms with E-state index in [2.05, 4.69) is 31.0 Å². The SMILES string of the molecule is CCCc1ccc(C)c2[nH]cc(C[C@H](N)C(=O)O)c12. The monoisotopic (exact) mass is 260 g/mol. The highest BCUT2D eigenvalue weighted by atomic mass is 16.4. The number of aromatic nitrogens is 1. The molecule has 0 unspecified atom stereocenters. The van der Waals surface area contributed by atoms with Crippen molar-refractivity contribution in [3.8, 4) is 0 Å². The molecule has 0 aliphatic rings. The predicted molar refractivity (Wildman–Crippen MR) is 76.3 cm³/mol. The van der Waals surface area contributed by atoms with E-state index in [0.29, 0.717) is 6.42 Å². The second-order valence-corrected chi connectivity index (χ2v) is 5.00. The lowest BCUT2D eigenvalue weighted by Crippen LogP contribution is -2.32. The fraction of sp³-hybridized carbons (Fsp3) is 0.400. The summed E-state index contributed by atoms with van der Waals surface area (Å²) in [7, 11) is 0.